The topological polar surface area (TPSA) is 45.2 Å². The van der Waals surface area contributed by atoms with Crippen molar-refractivity contribution in [3.8, 4) is 0 Å². The summed E-state index contributed by atoms with van der Waals surface area (Å²) in [5.41, 5.74) is 1.14. The molecule has 1 heterocycles. The fourth-order valence-corrected chi connectivity index (χ4v) is 1.74. The van der Waals surface area contributed by atoms with Gasteiger partial charge in [-0.05, 0) is 37.6 Å². The van der Waals surface area contributed by atoms with Gasteiger partial charge >= 0.3 is 0 Å². The summed E-state index contributed by atoms with van der Waals surface area (Å²) >= 11 is 0. The highest BCUT2D eigenvalue weighted by atomic mass is 16.2. The maximum atomic E-state index is 11.9. The molecule has 1 aliphatic carbocycles. The summed E-state index contributed by atoms with van der Waals surface area (Å²) < 4.78 is 0. The lowest BCUT2D eigenvalue weighted by atomic mass is 10.2. The molecular weight excluding hydrogens is 202 g/mol. The lowest BCUT2D eigenvalue weighted by Crippen LogP contribution is -2.38. The van der Waals surface area contributed by atoms with Gasteiger partial charge in [-0.25, -0.2) is 0 Å². The zero-order valence-electron chi connectivity index (χ0n) is 9.52. The van der Waals surface area contributed by atoms with Crippen LogP contribution < -0.4 is 5.32 Å². The molecule has 0 radical (unpaired) electrons. The molecule has 1 saturated carbocycles. The molecule has 0 bridgehead atoms. The molecule has 1 amide bonds. The zero-order chi connectivity index (χ0) is 11.4. The highest BCUT2D eigenvalue weighted by Crippen LogP contribution is 2.28. The second kappa shape index (κ2) is 5.07. The minimum absolute atomic E-state index is 0.182. The van der Waals surface area contributed by atoms with E-state index < -0.39 is 0 Å². The molecule has 4 nitrogen and oxygen atoms in total. The SMILES string of the molecule is CNCC(=O)N(Cc1ccncc1)C1CC1. The van der Waals surface area contributed by atoms with E-state index in [-0.39, 0.29) is 5.91 Å². The molecule has 1 aromatic heterocycles. The van der Waals surface area contributed by atoms with Gasteiger partial charge in [-0.15, -0.1) is 0 Å². The predicted octanol–water partition coefficient (Wildman–Crippen LogP) is 0.792. The maximum Gasteiger partial charge on any atom is 0.237 e. The first-order valence-corrected chi connectivity index (χ1v) is 5.64. The van der Waals surface area contributed by atoms with Gasteiger partial charge in [-0.2, -0.15) is 0 Å². The molecule has 16 heavy (non-hydrogen) atoms. The average Bonchev–Trinajstić information content (AvgIpc) is 3.11. The molecule has 0 saturated heterocycles. The lowest BCUT2D eigenvalue weighted by Gasteiger charge is -2.22. The summed E-state index contributed by atoms with van der Waals surface area (Å²) in [6.07, 6.45) is 5.81. The van der Waals surface area contributed by atoms with Crippen molar-refractivity contribution in [1.82, 2.24) is 15.2 Å². The molecule has 0 spiro atoms. The summed E-state index contributed by atoms with van der Waals surface area (Å²) in [5, 5.41) is 2.91. The van der Waals surface area contributed by atoms with Gasteiger partial charge in [0.1, 0.15) is 0 Å². The van der Waals surface area contributed by atoms with Crippen molar-refractivity contribution in [1.29, 1.82) is 0 Å². The van der Waals surface area contributed by atoms with Crippen LogP contribution in [-0.4, -0.2) is 35.4 Å². The first-order chi connectivity index (χ1) is 7.81. The van der Waals surface area contributed by atoms with Crippen molar-refractivity contribution in [2.45, 2.75) is 25.4 Å². The molecule has 1 aromatic rings. The van der Waals surface area contributed by atoms with Crippen LogP contribution in [0.1, 0.15) is 18.4 Å². The average molecular weight is 219 g/mol. The van der Waals surface area contributed by atoms with Crippen LogP contribution in [0.2, 0.25) is 0 Å². The predicted molar refractivity (Wildman–Crippen MR) is 61.7 cm³/mol. The van der Waals surface area contributed by atoms with Crippen LogP contribution in [0.3, 0.4) is 0 Å². The molecule has 4 heteroatoms. The first kappa shape index (κ1) is 11.1. The van der Waals surface area contributed by atoms with E-state index in [9.17, 15) is 4.79 Å². The van der Waals surface area contributed by atoms with Gasteiger partial charge < -0.3 is 10.2 Å². The normalized spacial score (nSPS) is 14.8. The van der Waals surface area contributed by atoms with Crippen LogP contribution in [-0.2, 0) is 11.3 Å². The Bertz CT molecular complexity index is 349. The van der Waals surface area contributed by atoms with Crippen LogP contribution in [0.25, 0.3) is 0 Å². The van der Waals surface area contributed by atoms with E-state index in [4.69, 9.17) is 0 Å². The van der Waals surface area contributed by atoms with Crippen molar-refractivity contribution in [2.75, 3.05) is 13.6 Å². The van der Waals surface area contributed by atoms with E-state index in [0.29, 0.717) is 19.1 Å². The van der Waals surface area contributed by atoms with Crippen molar-refractivity contribution < 1.29 is 4.79 Å². The number of carbonyl (C=O) groups excluding carboxylic acids is 1. The van der Waals surface area contributed by atoms with Gasteiger partial charge in [0.05, 0.1) is 6.54 Å². The van der Waals surface area contributed by atoms with Gasteiger partial charge in [-0.3, -0.25) is 9.78 Å². The quantitative estimate of drug-likeness (QED) is 0.796. The van der Waals surface area contributed by atoms with Crippen LogP contribution in [0.15, 0.2) is 24.5 Å². The summed E-state index contributed by atoms with van der Waals surface area (Å²) in [6, 6.07) is 4.37. The Hall–Kier alpha value is -1.42. The first-order valence-electron chi connectivity index (χ1n) is 5.64. The standard InChI is InChI=1S/C12H17N3O/c1-13-8-12(16)15(11-2-3-11)9-10-4-6-14-7-5-10/h4-7,11,13H,2-3,8-9H2,1H3. The largest absolute Gasteiger partial charge is 0.334 e. The van der Waals surface area contributed by atoms with E-state index in [0.717, 1.165) is 18.4 Å². The van der Waals surface area contributed by atoms with Crippen molar-refractivity contribution in [2.24, 2.45) is 0 Å². The van der Waals surface area contributed by atoms with Crippen LogP contribution in [0.5, 0.6) is 0 Å². The highest BCUT2D eigenvalue weighted by Gasteiger charge is 2.31. The number of carbonyl (C=O) groups is 1. The molecular formula is C12H17N3O. The number of likely N-dealkylation sites (N-methyl/N-ethyl adjacent to an activating group) is 1. The number of pyridine rings is 1. The Labute approximate surface area is 95.7 Å². The van der Waals surface area contributed by atoms with Gasteiger partial charge in [-0.1, -0.05) is 0 Å². The van der Waals surface area contributed by atoms with Crippen LogP contribution >= 0.6 is 0 Å². The Kier molecular flexibility index (Phi) is 3.51. The highest BCUT2D eigenvalue weighted by molar-refractivity contribution is 5.78. The summed E-state index contributed by atoms with van der Waals surface area (Å²) in [7, 11) is 1.80. The van der Waals surface area contributed by atoms with E-state index >= 15 is 0 Å². The molecule has 1 N–H and O–H groups in total. The lowest BCUT2D eigenvalue weighted by molar-refractivity contribution is -0.131. The molecule has 0 aromatic carbocycles. The molecule has 0 aliphatic heterocycles. The fraction of sp³-hybridized carbons (Fsp3) is 0.500. The Balaban J connectivity index is 2.00. The van der Waals surface area contributed by atoms with Crippen molar-refractivity contribution in [3.05, 3.63) is 30.1 Å². The smallest absolute Gasteiger partial charge is 0.237 e. The Morgan fingerprint density at radius 2 is 2.19 bits per heavy atom. The minimum atomic E-state index is 0.182. The monoisotopic (exact) mass is 219 g/mol. The van der Waals surface area contributed by atoms with E-state index in [2.05, 4.69) is 10.3 Å². The third kappa shape index (κ3) is 2.79. The number of hydrogen-bond donors (Lipinski definition) is 1. The third-order valence-electron chi connectivity index (χ3n) is 2.74. The van der Waals surface area contributed by atoms with E-state index in [1.807, 2.05) is 17.0 Å². The number of nitrogens with zero attached hydrogens (tertiary/aromatic N) is 2. The number of rotatable bonds is 5. The van der Waals surface area contributed by atoms with Gasteiger partial charge in [0, 0.05) is 25.0 Å². The molecule has 0 unspecified atom stereocenters. The zero-order valence-corrected chi connectivity index (χ0v) is 9.52. The number of aromatic nitrogens is 1. The molecule has 1 fully saturated rings. The van der Waals surface area contributed by atoms with Crippen LogP contribution in [0, 0.1) is 0 Å². The third-order valence-corrected chi connectivity index (χ3v) is 2.74. The van der Waals surface area contributed by atoms with Gasteiger partial charge in [0.25, 0.3) is 0 Å². The molecule has 2 rings (SSSR count). The number of amides is 1. The molecule has 86 valence electrons. The fourth-order valence-electron chi connectivity index (χ4n) is 1.74. The summed E-state index contributed by atoms with van der Waals surface area (Å²) in [6.45, 7) is 1.12. The van der Waals surface area contributed by atoms with E-state index in [1.54, 1.807) is 19.4 Å². The van der Waals surface area contributed by atoms with Gasteiger partial charge in [0.15, 0.2) is 0 Å². The number of nitrogens with one attached hydrogen (secondary N) is 1. The van der Waals surface area contributed by atoms with Crippen molar-refractivity contribution >= 4 is 5.91 Å². The summed E-state index contributed by atoms with van der Waals surface area (Å²) in [5.74, 6) is 0.182. The Morgan fingerprint density at radius 3 is 2.75 bits per heavy atom. The van der Waals surface area contributed by atoms with Crippen molar-refractivity contribution in [3.63, 3.8) is 0 Å². The number of hydrogen-bond acceptors (Lipinski definition) is 3. The minimum Gasteiger partial charge on any atom is -0.334 e. The van der Waals surface area contributed by atoms with E-state index in [1.165, 1.54) is 0 Å². The van der Waals surface area contributed by atoms with Crippen LogP contribution in [0.4, 0.5) is 0 Å². The Morgan fingerprint density at radius 1 is 1.50 bits per heavy atom. The van der Waals surface area contributed by atoms with Gasteiger partial charge in [0.2, 0.25) is 5.91 Å². The summed E-state index contributed by atoms with van der Waals surface area (Å²) in [4.78, 5) is 17.8. The molecule has 1 aliphatic rings. The molecule has 0 atom stereocenters. The second-order valence-corrected chi connectivity index (χ2v) is 4.14. The second-order valence-electron chi connectivity index (χ2n) is 4.14. The maximum absolute atomic E-state index is 11.9.